The van der Waals surface area contributed by atoms with E-state index in [2.05, 4.69) is 4.98 Å². The number of nitrogens with zero attached hydrogens (tertiary/aromatic N) is 3. The Bertz CT molecular complexity index is 950. The van der Waals surface area contributed by atoms with Gasteiger partial charge in [0.2, 0.25) is 0 Å². The zero-order valence-corrected chi connectivity index (χ0v) is 17.7. The fourth-order valence-electron chi connectivity index (χ4n) is 2.42. The normalized spacial score (nSPS) is 11.4. The smallest absolute Gasteiger partial charge is 0.291 e. The summed E-state index contributed by atoms with van der Waals surface area (Å²) in [5, 5.41) is 15.9. The molecule has 0 amide bonds. The number of hydrogen-bond acceptors (Lipinski definition) is 4. The number of benzene rings is 2. The van der Waals surface area contributed by atoms with Crippen LogP contribution < -0.4 is 0 Å². The molecule has 0 radical (unpaired) electrons. The molecule has 11 heteroatoms. The molecule has 0 aliphatic rings. The van der Waals surface area contributed by atoms with Gasteiger partial charge in [-0.1, -0.05) is 58.5 Å². The topological polar surface area (TPSA) is 90.4 Å². The van der Waals surface area contributed by atoms with Crippen molar-refractivity contribution in [3.05, 3.63) is 96.5 Å². The number of hydrogen-bond donors (Lipinski definition) is 1. The molecule has 0 unspecified atom stereocenters. The first kappa shape index (κ1) is 23.3. The Morgan fingerprint density at radius 1 is 1.10 bits per heavy atom. The standard InChI is InChI=1S/C18H14Cl4N2O.HNO3/c19-13-2-1-12(16(21)7-13)10-25-18(9-24-6-5-23-11-24)15-4-3-14(20)8-17(15)22;2-1(3)4/h1-8,11,18H,9-10H2;(H,2,3,4)/t18-;/m1./s1. The molecule has 7 nitrogen and oxygen atoms in total. The Kier molecular flexibility index (Phi) is 9.00. The number of aromatic nitrogens is 2. The molecule has 0 saturated carbocycles. The number of rotatable bonds is 6. The van der Waals surface area contributed by atoms with Crippen LogP contribution in [0.15, 0.2) is 55.1 Å². The summed E-state index contributed by atoms with van der Waals surface area (Å²) in [6.45, 7) is 0.890. The minimum Gasteiger partial charge on any atom is -0.367 e. The fourth-order valence-corrected chi connectivity index (χ4v) is 3.41. The molecular weight excluding hydrogens is 464 g/mol. The summed E-state index contributed by atoms with van der Waals surface area (Å²) in [7, 11) is 0. The Hall–Kier alpha value is -2.03. The van der Waals surface area contributed by atoms with E-state index in [1.807, 2.05) is 22.9 Å². The van der Waals surface area contributed by atoms with Gasteiger partial charge < -0.3 is 14.5 Å². The Morgan fingerprint density at radius 2 is 1.72 bits per heavy atom. The van der Waals surface area contributed by atoms with Crippen LogP contribution in [0.2, 0.25) is 20.1 Å². The van der Waals surface area contributed by atoms with Gasteiger partial charge in [0, 0.05) is 38.0 Å². The summed E-state index contributed by atoms with van der Waals surface area (Å²) in [6.07, 6.45) is 5.03. The average Bonchev–Trinajstić information content (AvgIpc) is 3.13. The maximum atomic E-state index is 8.36. The van der Waals surface area contributed by atoms with E-state index in [0.717, 1.165) is 11.1 Å². The van der Waals surface area contributed by atoms with Gasteiger partial charge in [0.05, 0.1) is 19.5 Å². The van der Waals surface area contributed by atoms with Gasteiger partial charge in [0.25, 0.3) is 5.09 Å². The third kappa shape index (κ3) is 7.72. The lowest BCUT2D eigenvalue weighted by Gasteiger charge is -2.21. The first-order valence-electron chi connectivity index (χ1n) is 8.05. The van der Waals surface area contributed by atoms with Gasteiger partial charge in [-0.15, -0.1) is 10.1 Å². The van der Waals surface area contributed by atoms with E-state index in [0.29, 0.717) is 33.2 Å². The highest BCUT2D eigenvalue weighted by Gasteiger charge is 2.17. The predicted molar refractivity (Wildman–Crippen MR) is 111 cm³/mol. The lowest BCUT2D eigenvalue weighted by Crippen LogP contribution is -2.12. The van der Waals surface area contributed by atoms with Gasteiger partial charge in [-0.05, 0) is 29.8 Å². The van der Waals surface area contributed by atoms with Crippen LogP contribution in [0.3, 0.4) is 0 Å². The summed E-state index contributed by atoms with van der Waals surface area (Å²) in [4.78, 5) is 12.4. The van der Waals surface area contributed by atoms with Crippen molar-refractivity contribution in [1.29, 1.82) is 0 Å². The summed E-state index contributed by atoms with van der Waals surface area (Å²) in [6, 6.07) is 10.7. The highest BCUT2D eigenvalue weighted by atomic mass is 35.5. The third-order valence-electron chi connectivity index (χ3n) is 3.70. The molecule has 0 aliphatic heterocycles. The lowest BCUT2D eigenvalue weighted by atomic mass is 10.1. The van der Waals surface area contributed by atoms with Gasteiger partial charge in [-0.25, -0.2) is 4.98 Å². The van der Waals surface area contributed by atoms with Gasteiger partial charge in [0.15, 0.2) is 0 Å². The highest BCUT2D eigenvalue weighted by Crippen LogP contribution is 2.31. The van der Waals surface area contributed by atoms with E-state index in [4.69, 9.17) is 66.5 Å². The second-order valence-corrected chi connectivity index (χ2v) is 7.39. The molecule has 154 valence electrons. The lowest BCUT2D eigenvalue weighted by molar-refractivity contribution is -0.742. The number of imidazole rings is 1. The van der Waals surface area contributed by atoms with Crippen LogP contribution >= 0.6 is 46.4 Å². The quantitative estimate of drug-likeness (QED) is 0.341. The SMILES string of the molecule is Clc1ccc(CO[C@H](Cn2ccnc2)c2ccc(Cl)cc2Cl)c(Cl)c1.O=[N+]([O-])O. The molecular formula is C18H15Cl4N3O4. The molecule has 29 heavy (non-hydrogen) atoms. The molecule has 3 rings (SSSR count). The van der Waals surface area contributed by atoms with Gasteiger partial charge >= 0.3 is 0 Å². The third-order valence-corrected chi connectivity index (χ3v) is 4.85. The van der Waals surface area contributed by atoms with Crippen molar-refractivity contribution in [3.63, 3.8) is 0 Å². The van der Waals surface area contributed by atoms with E-state index in [1.165, 1.54) is 0 Å². The van der Waals surface area contributed by atoms with Crippen LogP contribution in [0.1, 0.15) is 17.2 Å². The van der Waals surface area contributed by atoms with Crippen molar-refractivity contribution >= 4 is 46.4 Å². The monoisotopic (exact) mass is 477 g/mol. The van der Waals surface area contributed by atoms with Gasteiger partial charge in [0.1, 0.15) is 6.10 Å². The Labute approximate surface area is 186 Å². The molecule has 0 bridgehead atoms. The molecule has 0 aliphatic carbocycles. The molecule has 0 fully saturated rings. The van der Waals surface area contributed by atoms with Gasteiger partial charge in [-0.3, -0.25) is 0 Å². The average molecular weight is 479 g/mol. The zero-order chi connectivity index (χ0) is 21.4. The van der Waals surface area contributed by atoms with Crippen LogP contribution in [0, 0.1) is 10.1 Å². The van der Waals surface area contributed by atoms with E-state index in [-0.39, 0.29) is 6.10 Å². The molecule has 1 heterocycles. The highest BCUT2D eigenvalue weighted by molar-refractivity contribution is 6.35. The Balaban J connectivity index is 0.000000687. The number of ether oxygens (including phenoxy) is 1. The van der Waals surface area contributed by atoms with E-state index in [9.17, 15) is 0 Å². The Morgan fingerprint density at radius 3 is 2.28 bits per heavy atom. The fraction of sp³-hybridized carbons (Fsp3) is 0.167. The molecule has 1 aromatic heterocycles. The predicted octanol–water partition coefficient (Wildman–Crippen LogP) is 6.11. The van der Waals surface area contributed by atoms with Crippen LogP contribution in [-0.4, -0.2) is 19.8 Å². The maximum absolute atomic E-state index is 8.36. The van der Waals surface area contributed by atoms with E-state index >= 15 is 0 Å². The van der Waals surface area contributed by atoms with Crippen LogP contribution in [0.25, 0.3) is 0 Å². The number of halogens is 4. The van der Waals surface area contributed by atoms with Crippen molar-refractivity contribution in [1.82, 2.24) is 9.55 Å². The van der Waals surface area contributed by atoms with Crippen LogP contribution in [-0.2, 0) is 17.9 Å². The van der Waals surface area contributed by atoms with Crippen molar-refractivity contribution in [2.24, 2.45) is 0 Å². The summed E-state index contributed by atoms with van der Waals surface area (Å²) in [5.74, 6) is 0. The van der Waals surface area contributed by atoms with Crippen molar-refractivity contribution in [2.75, 3.05) is 0 Å². The molecule has 2 aromatic carbocycles. The molecule has 1 atom stereocenters. The first-order valence-corrected chi connectivity index (χ1v) is 9.57. The van der Waals surface area contributed by atoms with Crippen molar-refractivity contribution in [2.45, 2.75) is 19.3 Å². The molecule has 0 spiro atoms. The minimum absolute atomic E-state index is 0.286. The van der Waals surface area contributed by atoms with Crippen molar-refractivity contribution < 1.29 is 15.0 Å². The zero-order valence-electron chi connectivity index (χ0n) is 14.7. The maximum Gasteiger partial charge on any atom is 0.291 e. The first-order chi connectivity index (χ1) is 13.8. The second kappa shape index (κ2) is 11.2. The molecule has 1 N–H and O–H groups in total. The van der Waals surface area contributed by atoms with Crippen molar-refractivity contribution in [3.8, 4) is 0 Å². The minimum atomic E-state index is -1.50. The molecule has 0 saturated heterocycles. The summed E-state index contributed by atoms with van der Waals surface area (Å²) < 4.78 is 8.05. The van der Waals surface area contributed by atoms with Crippen LogP contribution in [0.4, 0.5) is 0 Å². The van der Waals surface area contributed by atoms with E-state index < -0.39 is 5.09 Å². The second-order valence-electron chi connectivity index (χ2n) is 5.70. The van der Waals surface area contributed by atoms with Crippen LogP contribution in [0.5, 0.6) is 0 Å². The summed E-state index contributed by atoms with van der Waals surface area (Å²) in [5.41, 5.74) is 1.71. The largest absolute Gasteiger partial charge is 0.367 e. The molecule has 3 aromatic rings. The van der Waals surface area contributed by atoms with E-state index in [1.54, 1.807) is 36.8 Å². The summed E-state index contributed by atoms with van der Waals surface area (Å²) >= 11 is 24.5. The van der Waals surface area contributed by atoms with Gasteiger partial charge in [-0.2, -0.15) is 0 Å².